The fourth-order valence-electron chi connectivity index (χ4n) is 2.84. The third-order valence-corrected chi connectivity index (χ3v) is 4.15. The van der Waals surface area contributed by atoms with Crippen LogP contribution in [0.1, 0.15) is 24.2 Å². The first-order chi connectivity index (χ1) is 10.6. The molecule has 2 heterocycles. The van der Waals surface area contributed by atoms with E-state index in [1.807, 2.05) is 18.2 Å². The molecule has 6 nitrogen and oxygen atoms in total. The minimum Gasteiger partial charge on any atom is -0.497 e. The maximum Gasteiger partial charge on any atom is 0.188 e. The minimum atomic E-state index is -1.29. The highest BCUT2D eigenvalue weighted by Crippen LogP contribution is 2.38. The van der Waals surface area contributed by atoms with E-state index in [9.17, 15) is 0 Å². The fourth-order valence-corrected chi connectivity index (χ4v) is 2.84. The Hall–Kier alpha value is -2.02. The molecule has 0 radical (unpaired) electrons. The summed E-state index contributed by atoms with van der Waals surface area (Å²) in [5, 5.41) is 12.0. The van der Waals surface area contributed by atoms with E-state index in [0.717, 1.165) is 0 Å². The molecule has 0 unspecified atom stereocenters. The Morgan fingerprint density at radius 1 is 1.32 bits per heavy atom. The standard InChI is InChI=1S/C15H20FN5O/c1-20-18-14(17-19-20)11-21-8-6-15(16,7-9-21)12-4-3-5-13(10-12)22-2/h3-5,10H,6-9,11H2,1-2H3. The summed E-state index contributed by atoms with van der Waals surface area (Å²) in [6.07, 6.45) is 0.918. The summed E-state index contributed by atoms with van der Waals surface area (Å²) in [6, 6.07) is 7.30. The van der Waals surface area contributed by atoms with E-state index in [1.54, 1.807) is 20.2 Å². The topological polar surface area (TPSA) is 56.1 Å². The molecule has 0 spiro atoms. The van der Waals surface area contributed by atoms with E-state index < -0.39 is 5.67 Å². The average molecular weight is 305 g/mol. The Morgan fingerprint density at radius 3 is 2.73 bits per heavy atom. The fraction of sp³-hybridized carbons (Fsp3) is 0.533. The van der Waals surface area contributed by atoms with Crippen LogP contribution in [0, 0.1) is 0 Å². The van der Waals surface area contributed by atoms with Crippen LogP contribution in [0.4, 0.5) is 4.39 Å². The van der Waals surface area contributed by atoms with Crippen LogP contribution in [-0.2, 0) is 19.3 Å². The number of ether oxygens (including phenoxy) is 1. The van der Waals surface area contributed by atoms with Crippen LogP contribution < -0.4 is 4.74 Å². The number of aromatic nitrogens is 4. The molecule has 1 aromatic carbocycles. The molecule has 22 heavy (non-hydrogen) atoms. The van der Waals surface area contributed by atoms with Crippen LogP contribution in [-0.4, -0.2) is 45.3 Å². The zero-order chi connectivity index (χ0) is 15.6. The normalized spacial score (nSPS) is 18.3. The van der Waals surface area contributed by atoms with Gasteiger partial charge in [-0.2, -0.15) is 4.80 Å². The number of likely N-dealkylation sites (tertiary alicyclic amines) is 1. The molecule has 1 aliphatic heterocycles. The molecule has 1 aromatic heterocycles. The maximum atomic E-state index is 15.2. The molecule has 0 bridgehead atoms. The van der Waals surface area contributed by atoms with Gasteiger partial charge in [0, 0.05) is 13.1 Å². The second kappa shape index (κ2) is 6.00. The van der Waals surface area contributed by atoms with Crippen LogP contribution in [0.25, 0.3) is 0 Å². The lowest BCUT2D eigenvalue weighted by atomic mass is 9.86. The first-order valence-corrected chi connectivity index (χ1v) is 7.38. The Morgan fingerprint density at radius 2 is 2.09 bits per heavy atom. The number of rotatable bonds is 4. The molecule has 1 fully saturated rings. The average Bonchev–Trinajstić information content (AvgIpc) is 2.95. The van der Waals surface area contributed by atoms with Crippen molar-refractivity contribution in [2.75, 3.05) is 20.2 Å². The van der Waals surface area contributed by atoms with Crippen LogP contribution in [0.2, 0.25) is 0 Å². The molecule has 3 rings (SSSR count). The molecular formula is C15H20FN5O. The summed E-state index contributed by atoms with van der Waals surface area (Å²) in [5.41, 5.74) is -0.593. The highest BCUT2D eigenvalue weighted by Gasteiger charge is 2.36. The van der Waals surface area contributed by atoms with Gasteiger partial charge in [-0.05, 0) is 35.8 Å². The molecule has 0 atom stereocenters. The van der Waals surface area contributed by atoms with E-state index in [4.69, 9.17) is 4.74 Å². The van der Waals surface area contributed by atoms with E-state index >= 15 is 4.39 Å². The van der Waals surface area contributed by atoms with Gasteiger partial charge in [-0.3, -0.25) is 4.90 Å². The van der Waals surface area contributed by atoms with Gasteiger partial charge in [0.15, 0.2) is 5.82 Å². The Labute approximate surface area is 128 Å². The smallest absolute Gasteiger partial charge is 0.188 e. The molecule has 0 aliphatic carbocycles. The van der Waals surface area contributed by atoms with Crippen molar-refractivity contribution in [3.8, 4) is 5.75 Å². The molecule has 2 aromatic rings. The second-order valence-electron chi connectivity index (χ2n) is 5.67. The maximum absolute atomic E-state index is 15.2. The summed E-state index contributed by atoms with van der Waals surface area (Å²) in [5.74, 6) is 1.37. The van der Waals surface area contributed by atoms with Gasteiger partial charge in [0.2, 0.25) is 0 Å². The third-order valence-electron chi connectivity index (χ3n) is 4.15. The van der Waals surface area contributed by atoms with Crippen molar-refractivity contribution in [1.29, 1.82) is 0 Å². The van der Waals surface area contributed by atoms with Gasteiger partial charge in [-0.15, -0.1) is 10.2 Å². The molecule has 1 aliphatic rings. The van der Waals surface area contributed by atoms with Gasteiger partial charge in [0.05, 0.1) is 20.7 Å². The number of piperidine rings is 1. The Bertz CT molecular complexity index is 636. The van der Waals surface area contributed by atoms with Crippen molar-refractivity contribution in [3.05, 3.63) is 35.7 Å². The van der Waals surface area contributed by atoms with E-state index in [1.165, 1.54) is 4.80 Å². The third kappa shape index (κ3) is 3.09. The number of halogens is 1. The largest absolute Gasteiger partial charge is 0.497 e. The van der Waals surface area contributed by atoms with Crippen LogP contribution in [0.5, 0.6) is 5.75 Å². The Balaban J connectivity index is 1.64. The lowest BCUT2D eigenvalue weighted by molar-refractivity contribution is 0.0513. The van der Waals surface area contributed by atoms with Crippen molar-refractivity contribution in [2.45, 2.75) is 25.1 Å². The number of hydrogen-bond acceptors (Lipinski definition) is 5. The summed E-state index contributed by atoms with van der Waals surface area (Å²) in [7, 11) is 3.34. The monoisotopic (exact) mass is 305 g/mol. The zero-order valence-corrected chi connectivity index (χ0v) is 12.9. The van der Waals surface area contributed by atoms with Crippen molar-refractivity contribution < 1.29 is 9.13 Å². The van der Waals surface area contributed by atoms with Crippen LogP contribution in [0.15, 0.2) is 24.3 Å². The number of alkyl halides is 1. The molecular weight excluding hydrogens is 285 g/mol. The number of hydrogen-bond donors (Lipinski definition) is 0. The van der Waals surface area contributed by atoms with E-state index in [0.29, 0.717) is 49.6 Å². The molecule has 7 heteroatoms. The van der Waals surface area contributed by atoms with Crippen LogP contribution >= 0.6 is 0 Å². The first-order valence-electron chi connectivity index (χ1n) is 7.38. The van der Waals surface area contributed by atoms with Gasteiger partial charge < -0.3 is 4.74 Å². The molecule has 118 valence electrons. The van der Waals surface area contributed by atoms with Gasteiger partial charge in [0.1, 0.15) is 11.4 Å². The van der Waals surface area contributed by atoms with Gasteiger partial charge in [-0.25, -0.2) is 4.39 Å². The van der Waals surface area contributed by atoms with Gasteiger partial charge >= 0.3 is 0 Å². The zero-order valence-electron chi connectivity index (χ0n) is 12.9. The van der Waals surface area contributed by atoms with Crippen molar-refractivity contribution >= 4 is 0 Å². The molecule has 0 saturated carbocycles. The van der Waals surface area contributed by atoms with Crippen molar-refractivity contribution in [3.63, 3.8) is 0 Å². The van der Waals surface area contributed by atoms with Crippen LogP contribution in [0.3, 0.4) is 0 Å². The number of methoxy groups -OCH3 is 1. The summed E-state index contributed by atoms with van der Waals surface area (Å²) in [4.78, 5) is 3.60. The van der Waals surface area contributed by atoms with E-state index in [2.05, 4.69) is 20.3 Å². The summed E-state index contributed by atoms with van der Waals surface area (Å²) < 4.78 is 20.4. The molecule has 1 saturated heterocycles. The first kappa shape index (κ1) is 14.9. The van der Waals surface area contributed by atoms with Crippen molar-refractivity contribution in [1.82, 2.24) is 25.1 Å². The predicted molar refractivity (Wildman–Crippen MR) is 79.1 cm³/mol. The summed E-state index contributed by atoms with van der Waals surface area (Å²) >= 11 is 0. The number of aryl methyl sites for hydroxylation is 1. The number of benzene rings is 1. The quantitative estimate of drug-likeness (QED) is 0.860. The van der Waals surface area contributed by atoms with Gasteiger partial charge in [-0.1, -0.05) is 12.1 Å². The lowest BCUT2D eigenvalue weighted by Crippen LogP contribution is -2.40. The number of nitrogens with zero attached hydrogens (tertiary/aromatic N) is 5. The molecule has 0 amide bonds. The van der Waals surface area contributed by atoms with E-state index in [-0.39, 0.29) is 0 Å². The highest BCUT2D eigenvalue weighted by atomic mass is 19.1. The SMILES string of the molecule is COc1cccc(C2(F)CCN(Cc3nnn(C)n3)CC2)c1. The lowest BCUT2D eigenvalue weighted by Gasteiger charge is -2.36. The number of tetrazole rings is 1. The van der Waals surface area contributed by atoms with Crippen molar-refractivity contribution in [2.24, 2.45) is 7.05 Å². The predicted octanol–water partition coefficient (Wildman–Crippen LogP) is 1.68. The highest BCUT2D eigenvalue weighted by molar-refractivity contribution is 5.32. The Kier molecular flexibility index (Phi) is 4.06. The minimum absolute atomic E-state index is 0.459. The molecule has 0 N–H and O–H groups in total. The summed E-state index contributed by atoms with van der Waals surface area (Å²) in [6.45, 7) is 1.96. The second-order valence-corrected chi connectivity index (χ2v) is 5.67. The van der Waals surface area contributed by atoms with Gasteiger partial charge in [0.25, 0.3) is 0 Å².